The van der Waals surface area contributed by atoms with Gasteiger partial charge >= 0.3 is 6.09 Å². The van der Waals surface area contributed by atoms with Crippen LogP contribution in [-0.2, 0) is 26.0 Å². The second-order valence-electron chi connectivity index (χ2n) is 4.89. The van der Waals surface area contributed by atoms with E-state index in [1.165, 1.54) is 0 Å². The molecule has 1 aliphatic rings. The molecule has 0 aliphatic carbocycles. The minimum Gasteiger partial charge on any atom is -0.445 e. The van der Waals surface area contributed by atoms with Gasteiger partial charge in [0.05, 0.1) is 11.8 Å². The van der Waals surface area contributed by atoms with Crippen molar-refractivity contribution in [3.8, 4) is 0 Å². The van der Waals surface area contributed by atoms with Crippen molar-refractivity contribution in [3.05, 3.63) is 35.9 Å². The molecule has 1 aromatic rings. The van der Waals surface area contributed by atoms with Gasteiger partial charge < -0.3 is 15.4 Å². The Labute approximate surface area is 122 Å². The van der Waals surface area contributed by atoms with Crippen LogP contribution in [0.5, 0.6) is 0 Å². The topological polar surface area (TPSA) is 102 Å². The third kappa shape index (κ3) is 4.45. The highest BCUT2D eigenvalue weighted by molar-refractivity contribution is 7.90. The van der Waals surface area contributed by atoms with Crippen molar-refractivity contribution in [2.24, 2.45) is 0 Å². The average molecular weight is 312 g/mol. The molecule has 0 saturated carbocycles. The molecule has 7 nitrogen and oxygen atoms in total. The Balaban J connectivity index is 1.83. The van der Waals surface area contributed by atoms with Gasteiger partial charge in [-0.3, -0.25) is 4.79 Å². The number of hydrogen-bond acceptors (Lipinski definition) is 5. The fraction of sp³-hybridized carbons (Fsp3) is 0.385. The maximum absolute atomic E-state index is 11.6. The van der Waals surface area contributed by atoms with Crippen LogP contribution in [0.3, 0.4) is 0 Å². The predicted molar refractivity (Wildman–Crippen MR) is 75.2 cm³/mol. The van der Waals surface area contributed by atoms with Gasteiger partial charge in [-0.25, -0.2) is 13.2 Å². The zero-order valence-corrected chi connectivity index (χ0v) is 12.2. The highest BCUT2D eigenvalue weighted by Gasteiger charge is 2.42. The summed E-state index contributed by atoms with van der Waals surface area (Å²) in [5.41, 5.74) is 0.818. The van der Waals surface area contributed by atoms with Gasteiger partial charge in [0, 0.05) is 6.26 Å². The quantitative estimate of drug-likeness (QED) is 0.735. The van der Waals surface area contributed by atoms with Gasteiger partial charge in [0.1, 0.15) is 22.5 Å². The summed E-state index contributed by atoms with van der Waals surface area (Å²) in [7, 11) is -3.24. The molecule has 0 bridgehead atoms. The maximum atomic E-state index is 11.6. The van der Waals surface area contributed by atoms with Gasteiger partial charge in [0.25, 0.3) is 0 Å². The van der Waals surface area contributed by atoms with Gasteiger partial charge in [-0.1, -0.05) is 30.3 Å². The molecule has 2 amide bonds. The van der Waals surface area contributed by atoms with Crippen molar-refractivity contribution < 1.29 is 22.7 Å². The molecule has 2 rings (SSSR count). The van der Waals surface area contributed by atoms with E-state index in [-0.39, 0.29) is 12.4 Å². The molecule has 1 saturated heterocycles. The summed E-state index contributed by atoms with van der Waals surface area (Å²) in [6.45, 7) is 0.0811. The molecule has 8 heteroatoms. The monoisotopic (exact) mass is 312 g/mol. The molecular weight excluding hydrogens is 296 g/mol. The minimum atomic E-state index is -3.24. The number of nitrogens with one attached hydrogen (secondary N) is 2. The SMILES string of the molecule is CS(=O)(=O)CC1NC(=O)C1NC(=O)OCc1ccccc1. The molecule has 1 heterocycles. The standard InChI is InChI=1S/C13H16N2O5S/c1-21(18,19)8-10-11(12(16)14-10)15-13(17)20-7-9-5-3-2-4-6-9/h2-6,10-11H,7-8H2,1H3,(H,14,16)(H,15,17). The summed E-state index contributed by atoms with van der Waals surface area (Å²) in [6, 6.07) is 7.60. The number of amides is 2. The largest absolute Gasteiger partial charge is 0.445 e. The van der Waals surface area contributed by atoms with E-state index in [9.17, 15) is 18.0 Å². The van der Waals surface area contributed by atoms with Crippen molar-refractivity contribution in [1.29, 1.82) is 0 Å². The average Bonchev–Trinajstić information content (AvgIpc) is 2.42. The molecule has 114 valence electrons. The van der Waals surface area contributed by atoms with Gasteiger partial charge in [0.2, 0.25) is 5.91 Å². The molecule has 0 spiro atoms. The number of carbonyl (C=O) groups is 2. The number of ether oxygens (including phenoxy) is 1. The minimum absolute atomic E-state index is 0.0811. The van der Waals surface area contributed by atoms with E-state index in [1.807, 2.05) is 18.2 Å². The van der Waals surface area contributed by atoms with E-state index in [4.69, 9.17) is 4.74 Å². The van der Waals surface area contributed by atoms with Crippen LogP contribution in [0, 0.1) is 0 Å². The fourth-order valence-electron chi connectivity index (χ4n) is 1.96. The molecular formula is C13H16N2O5S. The Morgan fingerprint density at radius 3 is 2.57 bits per heavy atom. The van der Waals surface area contributed by atoms with E-state index in [2.05, 4.69) is 10.6 Å². The van der Waals surface area contributed by atoms with Crippen LogP contribution in [0.15, 0.2) is 30.3 Å². The zero-order valence-electron chi connectivity index (χ0n) is 11.4. The molecule has 1 aromatic carbocycles. The van der Waals surface area contributed by atoms with Crippen LogP contribution in [0.4, 0.5) is 4.79 Å². The number of carbonyl (C=O) groups excluding carboxylic acids is 2. The van der Waals surface area contributed by atoms with Crippen molar-refractivity contribution in [3.63, 3.8) is 0 Å². The van der Waals surface area contributed by atoms with Crippen molar-refractivity contribution in [2.45, 2.75) is 18.7 Å². The molecule has 2 atom stereocenters. The summed E-state index contributed by atoms with van der Waals surface area (Å²) in [6.07, 6.45) is 0.319. The first-order valence-electron chi connectivity index (χ1n) is 6.30. The number of benzene rings is 1. The van der Waals surface area contributed by atoms with Gasteiger partial charge in [-0.15, -0.1) is 0 Å². The molecule has 1 aliphatic heterocycles. The van der Waals surface area contributed by atoms with Crippen LogP contribution < -0.4 is 10.6 Å². The Morgan fingerprint density at radius 1 is 1.33 bits per heavy atom. The lowest BCUT2D eigenvalue weighted by Crippen LogP contribution is -2.71. The Kier molecular flexibility index (Phi) is 4.46. The summed E-state index contributed by atoms with van der Waals surface area (Å²) < 4.78 is 27.4. The third-order valence-corrected chi connectivity index (χ3v) is 3.95. The highest BCUT2D eigenvalue weighted by atomic mass is 32.2. The Morgan fingerprint density at radius 2 is 2.00 bits per heavy atom. The second kappa shape index (κ2) is 6.13. The molecule has 1 fully saturated rings. The van der Waals surface area contributed by atoms with Gasteiger partial charge in [-0.05, 0) is 5.56 Å². The summed E-state index contributed by atoms with van der Waals surface area (Å²) in [5.74, 6) is -0.636. The fourth-order valence-corrected chi connectivity index (χ4v) is 2.89. The summed E-state index contributed by atoms with van der Waals surface area (Å²) in [4.78, 5) is 23.0. The van der Waals surface area contributed by atoms with E-state index in [1.54, 1.807) is 12.1 Å². The van der Waals surface area contributed by atoms with E-state index in [0.717, 1.165) is 11.8 Å². The van der Waals surface area contributed by atoms with Crippen LogP contribution in [0.2, 0.25) is 0 Å². The smallest absolute Gasteiger partial charge is 0.408 e. The van der Waals surface area contributed by atoms with Gasteiger partial charge in [0.15, 0.2) is 0 Å². The first kappa shape index (κ1) is 15.3. The number of sulfone groups is 1. The normalized spacial score (nSPS) is 21.1. The number of β-lactam (4-membered cyclic amide) rings is 1. The maximum Gasteiger partial charge on any atom is 0.408 e. The lowest BCUT2D eigenvalue weighted by molar-refractivity contribution is -0.130. The van der Waals surface area contributed by atoms with E-state index >= 15 is 0 Å². The summed E-state index contributed by atoms with van der Waals surface area (Å²) >= 11 is 0. The molecule has 21 heavy (non-hydrogen) atoms. The molecule has 2 unspecified atom stereocenters. The number of rotatable bonds is 5. The van der Waals surface area contributed by atoms with Crippen LogP contribution in [-0.4, -0.2) is 44.5 Å². The van der Waals surface area contributed by atoms with Crippen molar-refractivity contribution >= 4 is 21.8 Å². The van der Waals surface area contributed by atoms with Crippen LogP contribution >= 0.6 is 0 Å². The Hall–Kier alpha value is -2.09. The Bertz CT molecular complexity index is 629. The van der Waals surface area contributed by atoms with Crippen molar-refractivity contribution in [2.75, 3.05) is 12.0 Å². The predicted octanol–water partition coefficient (Wildman–Crippen LogP) is -0.176. The lowest BCUT2D eigenvalue weighted by atomic mass is 10.0. The zero-order chi connectivity index (χ0) is 15.5. The first-order valence-corrected chi connectivity index (χ1v) is 8.36. The lowest BCUT2D eigenvalue weighted by Gasteiger charge is -2.36. The van der Waals surface area contributed by atoms with E-state index < -0.39 is 33.9 Å². The molecule has 2 N–H and O–H groups in total. The summed E-state index contributed by atoms with van der Waals surface area (Å²) in [5, 5.41) is 4.81. The van der Waals surface area contributed by atoms with Crippen LogP contribution in [0.1, 0.15) is 5.56 Å². The molecule has 0 aromatic heterocycles. The third-order valence-electron chi connectivity index (χ3n) is 2.98. The number of alkyl carbamates (subject to hydrolysis) is 1. The number of hydrogen-bond donors (Lipinski definition) is 2. The second-order valence-corrected chi connectivity index (χ2v) is 7.08. The van der Waals surface area contributed by atoms with Gasteiger partial charge in [-0.2, -0.15) is 0 Å². The van der Waals surface area contributed by atoms with Crippen LogP contribution in [0.25, 0.3) is 0 Å². The van der Waals surface area contributed by atoms with E-state index in [0.29, 0.717) is 0 Å². The molecule has 0 radical (unpaired) electrons. The van der Waals surface area contributed by atoms with Crippen molar-refractivity contribution in [1.82, 2.24) is 10.6 Å². The first-order chi connectivity index (χ1) is 9.85. The highest BCUT2D eigenvalue weighted by Crippen LogP contribution is 2.09.